The molecule has 1 heteroatoms. The first-order valence-corrected chi connectivity index (χ1v) is 3.80. The lowest BCUT2D eigenvalue weighted by molar-refractivity contribution is 1.05. The van der Waals surface area contributed by atoms with Crippen LogP contribution >= 0.6 is 0 Å². The van der Waals surface area contributed by atoms with Crippen LogP contribution < -0.4 is 0 Å². The Morgan fingerprint density at radius 1 is 1.50 bits per heavy atom. The van der Waals surface area contributed by atoms with Crippen molar-refractivity contribution >= 4 is 6.21 Å². The Labute approximate surface area is 62.2 Å². The smallest absolute Gasteiger partial charge is 0.0266 e. The molecule has 54 valence electrons. The van der Waals surface area contributed by atoms with Crippen molar-refractivity contribution in [3.63, 3.8) is 0 Å². The zero-order valence-electron chi connectivity index (χ0n) is 6.38. The summed E-state index contributed by atoms with van der Waals surface area (Å²) < 4.78 is 0. The first-order valence-electron chi connectivity index (χ1n) is 3.80. The van der Waals surface area contributed by atoms with Gasteiger partial charge in [0.25, 0.3) is 0 Å². The van der Waals surface area contributed by atoms with E-state index < -0.39 is 0 Å². The van der Waals surface area contributed by atoms with Crippen LogP contribution in [0.2, 0.25) is 0 Å². The van der Waals surface area contributed by atoms with Crippen molar-refractivity contribution in [3.05, 3.63) is 23.9 Å². The van der Waals surface area contributed by atoms with E-state index in [0.717, 1.165) is 19.3 Å². The minimum Gasteiger partial charge on any atom is -0.269 e. The molecule has 0 aliphatic carbocycles. The molecule has 0 fully saturated rings. The highest BCUT2D eigenvalue weighted by molar-refractivity contribution is 5.58. The van der Waals surface area contributed by atoms with Gasteiger partial charge < -0.3 is 0 Å². The Bertz CT molecular complexity index is 172. The molecule has 0 saturated heterocycles. The highest BCUT2D eigenvalue weighted by Gasteiger charge is 1.88. The second-order valence-corrected chi connectivity index (χ2v) is 2.36. The van der Waals surface area contributed by atoms with Crippen LogP contribution in [0.4, 0.5) is 0 Å². The molecular weight excluding hydrogens is 122 g/mol. The second-order valence-electron chi connectivity index (χ2n) is 2.36. The van der Waals surface area contributed by atoms with Gasteiger partial charge in [0.05, 0.1) is 0 Å². The molecule has 0 aromatic heterocycles. The zero-order valence-corrected chi connectivity index (χ0v) is 6.38. The summed E-state index contributed by atoms with van der Waals surface area (Å²) in [5.41, 5.74) is 1.40. The molecule has 0 unspecified atom stereocenters. The number of hydrogen-bond acceptors (Lipinski definition) is 1. The summed E-state index contributed by atoms with van der Waals surface area (Å²) in [6.45, 7) is 2.17. The third-order valence-electron chi connectivity index (χ3n) is 1.59. The van der Waals surface area contributed by atoms with E-state index in [-0.39, 0.29) is 0 Å². The number of allylic oxidation sites excluding steroid dienone is 3. The van der Waals surface area contributed by atoms with Crippen LogP contribution in [0.15, 0.2) is 28.9 Å². The molecular formula is C9H13N. The largest absolute Gasteiger partial charge is 0.269 e. The van der Waals surface area contributed by atoms with E-state index in [1.54, 1.807) is 0 Å². The van der Waals surface area contributed by atoms with E-state index in [1.807, 2.05) is 12.4 Å². The number of aliphatic imine (C=N–C) groups is 1. The van der Waals surface area contributed by atoms with Crippen LogP contribution in [-0.4, -0.2) is 6.21 Å². The fourth-order valence-corrected chi connectivity index (χ4v) is 0.948. The van der Waals surface area contributed by atoms with E-state index in [9.17, 15) is 0 Å². The molecule has 0 radical (unpaired) electrons. The van der Waals surface area contributed by atoms with Crippen LogP contribution in [0.25, 0.3) is 0 Å². The van der Waals surface area contributed by atoms with Crippen molar-refractivity contribution < 1.29 is 0 Å². The lowest BCUT2D eigenvalue weighted by atomic mass is 10.1. The van der Waals surface area contributed by atoms with E-state index >= 15 is 0 Å². The maximum absolute atomic E-state index is 4.08. The SMILES string of the molecule is CCC1=CCCC=NC=C1. The average Bonchev–Trinajstić information content (AvgIpc) is 1.87. The summed E-state index contributed by atoms with van der Waals surface area (Å²) in [5, 5.41) is 0. The van der Waals surface area contributed by atoms with Crippen molar-refractivity contribution in [2.75, 3.05) is 0 Å². The minimum absolute atomic E-state index is 1.08. The van der Waals surface area contributed by atoms with Crippen molar-refractivity contribution in [1.29, 1.82) is 0 Å². The Hall–Kier alpha value is -0.850. The summed E-state index contributed by atoms with van der Waals surface area (Å²) in [6, 6.07) is 0. The lowest BCUT2D eigenvalue weighted by Crippen LogP contribution is -1.80. The van der Waals surface area contributed by atoms with Crippen LogP contribution in [0.1, 0.15) is 26.2 Å². The summed E-state index contributed by atoms with van der Waals surface area (Å²) in [7, 11) is 0. The highest BCUT2D eigenvalue weighted by atomic mass is 14.7. The molecule has 1 aliphatic rings. The van der Waals surface area contributed by atoms with E-state index in [4.69, 9.17) is 0 Å². The van der Waals surface area contributed by atoms with Gasteiger partial charge in [-0.2, -0.15) is 0 Å². The van der Waals surface area contributed by atoms with Gasteiger partial charge in [-0.3, -0.25) is 4.99 Å². The average molecular weight is 135 g/mol. The maximum atomic E-state index is 4.08. The van der Waals surface area contributed by atoms with Crippen LogP contribution in [0.5, 0.6) is 0 Å². The molecule has 1 aliphatic heterocycles. The molecule has 1 nitrogen and oxygen atoms in total. The Morgan fingerprint density at radius 3 is 3.20 bits per heavy atom. The molecule has 0 aromatic carbocycles. The molecule has 0 atom stereocenters. The van der Waals surface area contributed by atoms with Gasteiger partial charge in [-0.1, -0.05) is 18.6 Å². The second kappa shape index (κ2) is 4.04. The van der Waals surface area contributed by atoms with Crippen LogP contribution in [-0.2, 0) is 0 Å². The number of rotatable bonds is 1. The van der Waals surface area contributed by atoms with Crippen molar-refractivity contribution in [2.45, 2.75) is 26.2 Å². The van der Waals surface area contributed by atoms with Gasteiger partial charge in [0.1, 0.15) is 0 Å². The van der Waals surface area contributed by atoms with Crippen molar-refractivity contribution in [3.8, 4) is 0 Å². The third-order valence-corrected chi connectivity index (χ3v) is 1.59. The molecule has 1 heterocycles. The van der Waals surface area contributed by atoms with Gasteiger partial charge in [0.15, 0.2) is 0 Å². The topological polar surface area (TPSA) is 12.4 Å². The summed E-state index contributed by atoms with van der Waals surface area (Å²) in [5.74, 6) is 0. The summed E-state index contributed by atoms with van der Waals surface area (Å²) in [6.07, 6.45) is 11.5. The van der Waals surface area contributed by atoms with Gasteiger partial charge in [0, 0.05) is 12.4 Å². The van der Waals surface area contributed by atoms with Gasteiger partial charge in [-0.25, -0.2) is 0 Å². The predicted octanol–water partition coefficient (Wildman–Crippen LogP) is 2.70. The highest BCUT2D eigenvalue weighted by Crippen LogP contribution is 2.06. The fourth-order valence-electron chi connectivity index (χ4n) is 0.948. The van der Waals surface area contributed by atoms with Crippen molar-refractivity contribution in [2.24, 2.45) is 4.99 Å². The normalized spacial score (nSPS) is 17.9. The summed E-state index contributed by atoms with van der Waals surface area (Å²) >= 11 is 0. The molecule has 0 amide bonds. The molecule has 0 N–H and O–H groups in total. The van der Waals surface area contributed by atoms with Gasteiger partial charge >= 0.3 is 0 Å². The summed E-state index contributed by atoms with van der Waals surface area (Å²) in [4.78, 5) is 4.08. The first-order chi connectivity index (χ1) is 4.93. The first kappa shape index (κ1) is 7.26. The molecule has 0 saturated carbocycles. The number of nitrogens with zero attached hydrogens (tertiary/aromatic N) is 1. The van der Waals surface area contributed by atoms with Gasteiger partial charge in [-0.15, -0.1) is 0 Å². The monoisotopic (exact) mass is 135 g/mol. The van der Waals surface area contributed by atoms with Crippen LogP contribution in [0, 0.1) is 0 Å². The Kier molecular flexibility index (Phi) is 2.94. The predicted molar refractivity (Wildman–Crippen MR) is 45.2 cm³/mol. The molecule has 0 bridgehead atoms. The minimum atomic E-state index is 1.08. The Morgan fingerprint density at radius 2 is 2.40 bits per heavy atom. The number of hydrogen-bond donors (Lipinski definition) is 0. The van der Waals surface area contributed by atoms with Crippen LogP contribution in [0.3, 0.4) is 0 Å². The van der Waals surface area contributed by atoms with E-state index in [0.29, 0.717) is 0 Å². The molecule has 0 spiro atoms. The quantitative estimate of drug-likeness (QED) is 0.524. The molecule has 0 aromatic rings. The van der Waals surface area contributed by atoms with Gasteiger partial charge in [-0.05, 0) is 25.3 Å². The Balaban J connectivity index is 2.62. The maximum Gasteiger partial charge on any atom is 0.0266 e. The molecule has 1 rings (SSSR count). The lowest BCUT2D eigenvalue weighted by Gasteiger charge is -1.97. The van der Waals surface area contributed by atoms with E-state index in [2.05, 4.69) is 24.1 Å². The van der Waals surface area contributed by atoms with E-state index in [1.165, 1.54) is 5.57 Å². The standard InChI is InChI=1S/C9H13N/c1-2-9-5-3-4-7-10-8-6-9/h5-8H,2-4H2,1H3. The van der Waals surface area contributed by atoms with Gasteiger partial charge in [0.2, 0.25) is 0 Å². The zero-order chi connectivity index (χ0) is 7.23. The fraction of sp³-hybridized carbons (Fsp3) is 0.444. The van der Waals surface area contributed by atoms with Crippen molar-refractivity contribution in [1.82, 2.24) is 0 Å². The third kappa shape index (κ3) is 2.18. The molecule has 10 heavy (non-hydrogen) atoms.